The average molecular weight is 339 g/mol. The zero-order valence-electron chi connectivity index (χ0n) is 15.0. The van der Waals surface area contributed by atoms with Crippen LogP contribution in [0.25, 0.3) is 0 Å². The minimum Gasteiger partial charge on any atom is -0.340 e. The molecule has 1 saturated heterocycles. The quantitative estimate of drug-likeness (QED) is 0.802. The summed E-state index contributed by atoms with van der Waals surface area (Å²) < 4.78 is 1.80. The van der Waals surface area contributed by atoms with E-state index in [4.69, 9.17) is 4.98 Å². The van der Waals surface area contributed by atoms with Crippen LogP contribution in [0.2, 0.25) is 0 Å². The Morgan fingerprint density at radius 3 is 2.72 bits per heavy atom. The average Bonchev–Trinajstić information content (AvgIpc) is 2.98. The van der Waals surface area contributed by atoms with Crippen LogP contribution in [0.4, 0.5) is 5.95 Å². The molecule has 1 aliphatic carbocycles. The van der Waals surface area contributed by atoms with Gasteiger partial charge in [-0.05, 0) is 38.7 Å². The third-order valence-electron chi connectivity index (χ3n) is 5.50. The van der Waals surface area contributed by atoms with Crippen molar-refractivity contribution in [2.24, 2.45) is 13.0 Å². The molecule has 2 aliphatic rings. The highest BCUT2D eigenvalue weighted by atomic mass is 16.1. The molecule has 0 spiro atoms. The third-order valence-corrected chi connectivity index (χ3v) is 5.50. The number of piperidine rings is 1. The van der Waals surface area contributed by atoms with E-state index in [9.17, 15) is 4.79 Å². The second kappa shape index (κ2) is 6.58. The SMILES string of the molecule is Cc1cc(C2CCC2)nc(N2CCC[C@@H](C(=O)c3nccn3C)C2)n1. The summed E-state index contributed by atoms with van der Waals surface area (Å²) >= 11 is 0. The van der Waals surface area contributed by atoms with E-state index in [1.807, 2.05) is 20.2 Å². The van der Waals surface area contributed by atoms with Crippen molar-refractivity contribution in [3.8, 4) is 0 Å². The molecule has 0 N–H and O–H groups in total. The molecule has 25 heavy (non-hydrogen) atoms. The second-order valence-corrected chi connectivity index (χ2v) is 7.37. The number of hydrogen-bond donors (Lipinski definition) is 0. The molecule has 1 atom stereocenters. The first-order valence-electron chi connectivity index (χ1n) is 9.24. The lowest BCUT2D eigenvalue weighted by Crippen LogP contribution is -2.40. The van der Waals surface area contributed by atoms with E-state index >= 15 is 0 Å². The number of anilines is 1. The smallest absolute Gasteiger partial charge is 0.225 e. The highest BCUT2D eigenvalue weighted by Crippen LogP contribution is 2.36. The first-order chi connectivity index (χ1) is 12.1. The Balaban J connectivity index is 1.54. The van der Waals surface area contributed by atoms with Gasteiger partial charge in [-0.1, -0.05) is 6.42 Å². The summed E-state index contributed by atoms with van der Waals surface area (Å²) in [7, 11) is 1.87. The van der Waals surface area contributed by atoms with Gasteiger partial charge in [0.25, 0.3) is 0 Å². The van der Waals surface area contributed by atoms with E-state index in [2.05, 4.69) is 20.9 Å². The van der Waals surface area contributed by atoms with Gasteiger partial charge in [-0.15, -0.1) is 0 Å². The van der Waals surface area contributed by atoms with Crippen LogP contribution in [0.1, 0.15) is 60.0 Å². The Hall–Kier alpha value is -2.24. The summed E-state index contributed by atoms with van der Waals surface area (Å²) in [4.78, 5) is 28.7. The number of carbonyl (C=O) groups excluding carboxylic acids is 1. The molecule has 132 valence electrons. The normalized spacial score (nSPS) is 21.2. The van der Waals surface area contributed by atoms with Crippen LogP contribution in [-0.2, 0) is 7.05 Å². The van der Waals surface area contributed by atoms with E-state index in [1.54, 1.807) is 10.8 Å². The summed E-state index contributed by atoms with van der Waals surface area (Å²) in [6, 6.07) is 2.12. The van der Waals surface area contributed by atoms with Gasteiger partial charge in [-0.25, -0.2) is 15.0 Å². The topological polar surface area (TPSA) is 63.9 Å². The molecule has 1 saturated carbocycles. The maximum atomic E-state index is 12.8. The molecule has 1 aliphatic heterocycles. The van der Waals surface area contributed by atoms with Gasteiger partial charge in [0.05, 0.1) is 0 Å². The fraction of sp³-hybridized carbons (Fsp3) is 0.579. The summed E-state index contributed by atoms with van der Waals surface area (Å²) in [6.07, 6.45) is 9.16. The first-order valence-corrected chi connectivity index (χ1v) is 9.24. The van der Waals surface area contributed by atoms with E-state index in [0.29, 0.717) is 18.3 Å². The van der Waals surface area contributed by atoms with Gasteiger partial charge in [0.2, 0.25) is 11.7 Å². The molecule has 3 heterocycles. The van der Waals surface area contributed by atoms with Crippen molar-refractivity contribution >= 4 is 11.7 Å². The summed E-state index contributed by atoms with van der Waals surface area (Å²) in [5.41, 5.74) is 2.19. The van der Waals surface area contributed by atoms with Crippen LogP contribution in [0.3, 0.4) is 0 Å². The fourth-order valence-electron chi connectivity index (χ4n) is 3.79. The van der Waals surface area contributed by atoms with Crippen LogP contribution < -0.4 is 4.90 Å². The molecule has 0 radical (unpaired) electrons. The number of nitrogens with zero attached hydrogens (tertiary/aromatic N) is 5. The fourth-order valence-corrected chi connectivity index (χ4v) is 3.79. The van der Waals surface area contributed by atoms with E-state index in [1.165, 1.54) is 25.0 Å². The number of hydrogen-bond acceptors (Lipinski definition) is 5. The molecule has 6 heteroatoms. The Bertz CT molecular complexity index is 780. The standard InChI is InChI=1S/C19H25N5O/c1-13-11-16(14-5-3-6-14)22-19(21-13)24-9-4-7-15(12-24)17(25)18-20-8-10-23(18)2/h8,10-11,14-15H,3-7,9,12H2,1-2H3/t15-/m1/s1. The lowest BCUT2D eigenvalue weighted by atomic mass is 9.82. The minimum atomic E-state index is -0.0360. The van der Waals surface area contributed by atoms with Crippen molar-refractivity contribution in [3.05, 3.63) is 35.7 Å². The number of ketones is 1. The number of Topliss-reactive ketones (excluding diaryl/α,β-unsaturated/α-hetero) is 1. The predicted molar refractivity (Wildman–Crippen MR) is 95.8 cm³/mol. The van der Waals surface area contributed by atoms with Crippen molar-refractivity contribution in [2.75, 3.05) is 18.0 Å². The zero-order valence-corrected chi connectivity index (χ0v) is 15.0. The lowest BCUT2D eigenvalue weighted by Gasteiger charge is -2.33. The molecular formula is C19H25N5O. The molecule has 2 fully saturated rings. The number of rotatable bonds is 4. The van der Waals surface area contributed by atoms with Gasteiger partial charge in [-0.3, -0.25) is 4.79 Å². The molecule has 4 rings (SSSR count). The van der Waals surface area contributed by atoms with Crippen molar-refractivity contribution in [2.45, 2.75) is 44.9 Å². The van der Waals surface area contributed by atoms with Crippen LogP contribution in [0.5, 0.6) is 0 Å². The number of carbonyl (C=O) groups is 1. The summed E-state index contributed by atoms with van der Waals surface area (Å²) in [6.45, 7) is 3.63. The van der Waals surface area contributed by atoms with E-state index < -0.39 is 0 Å². The van der Waals surface area contributed by atoms with Crippen molar-refractivity contribution in [1.82, 2.24) is 19.5 Å². The third kappa shape index (κ3) is 3.17. The van der Waals surface area contributed by atoms with E-state index in [0.717, 1.165) is 31.0 Å². The lowest BCUT2D eigenvalue weighted by molar-refractivity contribution is 0.0893. The molecule has 2 aromatic heterocycles. The van der Waals surface area contributed by atoms with Crippen LogP contribution in [0, 0.1) is 12.8 Å². The minimum absolute atomic E-state index is 0.0360. The van der Waals surface area contributed by atoms with Crippen molar-refractivity contribution in [1.29, 1.82) is 0 Å². The maximum Gasteiger partial charge on any atom is 0.225 e. The monoisotopic (exact) mass is 339 g/mol. The summed E-state index contributed by atoms with van der Waals surface area (Å²) in [5.74, 6) is 2.02. The summed E-state index contributed by atoms with van der Waals surface area (Å²) in [5, 5.41) is 0. The maximum absolute atomic E-state index is 12.8. The highest BCUT2D eigenvalue weighted by molar-refractivity contribution is 5.95. The Morgan fingerprint density at radius 1 is 1.20 bits per heavy atom. The van der Waals surface area contributed by atoms with Gasteiger partial charge in [-0.2, -0.15) is 0 Å². The van der Waals surface area contributed by atoms with Gasteiger partial charge in [0.1, 0.15) is 0 Å². The Kier molecular flexibility index (Phi) is 4.27. The largest absolute Gasteiger partial charge is 0.340 e. The Labute approximate surface area is 148 Å². The zero-order chi connectivity index (χ0) is 17.4. The van der Waals surface area contributed by atoms with Gasteiger partial charge >= 0.3 is 0 Å². The molecule has 6 nitrogen and oxygen atoms in total. The number of aryl methyl sites for hydroxylation is 2. The predicted octanol–water partition coefficient (Wildman–Crippen LogP) is 2.89. The second-order valence-electron chi connectivity index (χ2n) is 7.37. The van der Waals surface area contributed by atoms with Crippen LogP contribution in [0.15, 0.2) is 18.5 Å². The van der Waals surface area contributed by atoms with E-state index in [-0.39, 0.29) is 11.7 Å². The molecular weight excluding hydrogens is 314 g/mol. The molecule has 0 unspecified atom stereocenters. The van der Waals surface area contributed by atoms with Crippen LogP contribution in [-0.4, -0.2) is 38.4 Å². The molecule has 0 amide bonds. The number of aromatic nitrogens is 4. The van der Waals surface area contributed by atoms with Gasteiger partial charge in [0.15, 0.2) is 5.82 Å². The number of imidazole rings is 1. The highest BCUT2D eigenvalue weighted by Gasteiger charge is 2.30. The molecule has 0 aromatic carbocycles. The first kappa shape index (κ1) is 16.2. The van der Waals surface area contributed by atoms with Crippen LogP contribution >= 0.6 is 0 Å². The van der Waals surface area contributed by atoms with Gasteiger partial charge in [0, 0.05) is 55.8 Å². The van der Waals surface area contributed by atoms with Gasteiger partial charge < -0.3 is 9.47 Å². The molecule has 2 aromatic rings. The van der Waals surface area contributed by atoms with Crippen molar-refractivity contribution < 1.29 is 4.79 Å². The molecule has 0 bridgehead atoms. The Morgan fingerprint density at radius 2 is 2.04 bits per heavy atom. The van der Waals surface area contributed by atoms with Crippen molar-refractivity contribution in [3.63, 3.8) is 0 Å².